The van der Waals surface area contributed by atoms with E-state index in [2.05, 4.69) is 6.92 Å². The van der Waals surface area contributed by atoms with Crippen LogP contribution in [0.5, 0.6) is 0 Å². The van der Waals surface area contributed by atoms with Gasteiger partial charge in [0.25, 0.3) is 0 Å². The van der Waals surface area contributed by atoms with E-state index in [1.54, 1.807) is 0 Å². The fourth-order valence-corrected chi connectivity index (χ4v) is 2.46. The Bertz CT molecular complexity index is 283. The number of hydrogen-bond donors (Lipinski definition) is 1. The fourth-order valence-electron chi connectivity index (χ4n) is 2.46. The van der Waals surface area contributed by atoms with Crippen molar-refractivity contribution in [3.63, 3.8) is 0 Å². The van der Waals surface area contributed by atoms with E-state index in [9.17, 15) is 9.90 Å². The molecule has 1 aliphatic rings. The zero-order valence-electron chi connectivity index (χ0n) is 11.7. The van der Waals surface area contributed by atoms with Crippen LogP contribution >= 0.6 is 0 Å². The van der Waals surface area contributed by atoms with Crippen LogP contribution < -0.4 is 0 Å². The molecule has 3 nitrogen and oxygen atoms in total. The molecule has 0 fully saturated rings. The molecule has 2 atom stereocenters. The van der Waals surface area contributed by atoms with Gasteiger partial charge in [0.05, 0.1) is 19.1 Å². The monoisotopic (exact) mass is 254 g/mol. The van der Waals surface area contributed by atoms with E-state index in [4.69, 9.17) is 4.74 Å². The topological polar surface area (TPSA) is 46.5 Å². The Kier molecular flexibility index (Phi) is 7.02. The van der Waals surface area contributed by atoms with Gasteiger partial charge in [0.15, 0.2) is 0 Å². The molecule has 0 spiro atoms. The molecule has 0 aromatic rings. The highest BCUT2D eigenvalue weighted by atomic mass is 16.5. The summed E-state index contributed by atoms with van der Waals surface area (Å²) in [5.41, 5.74) is 1.08. The van der Waals surface area contributed by atoms with E-state index >= 15 is 0 Å². The van der Waals surface area contributed by atoms with Crippen LogP contribution in [0.15, 0.2) is 11.6 Å². The average Bonchev–Trinajstić information content (AvgIpc) is 2.69. The molecule has 0 heterocycles. The molecule has 0 aromatic heterocycles. The van der Waals surface area contributed by atoms with E-state index in [0.29, 0.717) is 19.4 Å². The third kappa shape index (κ3) is 4.81. The Morgan fingerprint density at radius 2 is 2.17 bits per heavy atom. The minimum Gasteiger partial charge on any atom is -0.465 e. The van der Waals surface area contributed by atoms with Crippen molar-refractivity contribution in [1.29, 1.82) is 0 Å². The zero-order valence-corrected chi connectivity index (χ0v) is 11.7. The molecule has 0 saturated carbocycles. The second-order valence-corrected chi connectivity index (χ2v) is 5.08. The predicted molar refractivity (Wildman–Crippen MR) is 72.2 cm³/mol. The molecule has 3 heteroatoms. The van der Waals surface area contributed by atoms with E-state index in [-0.39, 0.29) is 18.0 Å². The molecule has 1 rings (SSSR count). The number of unbranched alkanes of at least 4 members (excludes halogenated alkanes) is 2. The molecule has 0 amide bonds. The second-order valence-electron chi connectivity index (χ2n) is 5.08. The highest BCUT2D eigenvalue weighted by molar-refractivity contribution is 5.72. The molecular weight excluding hydrogens is 228 g/mol. The average molecular weight is 254 g/mol. The minimum atomic E-state index is -0.296. The summed E-state index contributed by atoms with van der Waals surface area (Å²) in [6, 6.07) is 0. The molecular formula is C15H26O3. The van der Waals surface area contributed by atoms with Crippen LogP contribution in [0.25, 0.3) is 0 Å². The van der Waals surface area contributed by atoms with Crippen LogP contribution in [0.4, 0.5) is 0 Å². The first-order valence-electron chi connectivity index (χ1n) is 7.21. The van der Waals surface area contributed by atoms with Crippen LogP contribution in [-0.4, -0.2) is 23.8 Å². The number of carbonyl (C=O) groups is 1. The highest BCUT2D eigenvalue weighted by Crippen LogP contribution is 2.33. The Labute approximate surface area is 110 Å². The lowest BCUT2D eigenvalue weighted by Crippen LogP contribution is -2.18. The smallest absolute Gasteiger partial charge is 0.309 e. The lowest BCUT2D eigenvalue weighted by atomic mass is 9.91. The van der Waals surface area contributed by atoms with E-state index in [1.165, 1.54) is 12.8 Å². The SMILES string of the molecule is CCCCCC1C(CC(=O)OCCC)=CCC1O. The summed E-state index contributed by atoms with van der Waals surface area (Å²) in [6.07, 6.45) is 8.11. The number of esters is 1. The van der Waals surface area contributed by atoms with Gasteiger partial charge in [-0.25, -0.2) is 0 Å². The Balaban J connectivity index is 2.40. The molecule has 0 aliphatic heterocycles. The summed E-state index contributed by atoms with van der Waals surface area (Å²) in [6.45, 7) is 4.65. The number of ether oxygens (including phenoxy) is 1. The van der Waals surface area contributed by atoms with Crippen molar-refractivity contribution in [2.75, 3.05) is 6.61 Å². The molecule has 18 heavy (non-hydrogen) atoms. The lowest BCUT2D eigenvalue weighted by Gasteiger charge is -2.18. The van der Waals surface area contributed by atoms with Crippen molar-refractivity contribution in [3.8, 4) is 0 Å². The molecule has 0 radical (unpaired) electrons. The second kappa shape index (κ2) is 8.30. The number of rotatable bonds is 8. The van der Waals surface area contributed by atoms with E-state index in [1.807, 2.05) is 13.0 Å². The molecule has 0 saturated heterocycles. The van der Waals surface area contributed by atoms with Gasteiger partial charge >= 0.3 is 5.97 Å². The number of hydrogen-bond acceptors (Lipinski definition) is 3. The quantitative estimate of drug-likeness (QED) is 0.411. The first-order chi connectivity index (χ1) is 8.69. The van der Waals surface area contributed by atoms with Crippen molar-refractivity contribution >= 4 is 5.97 Å². The fraction of sp³-hybridized carbons (Fsp3) is 0.800. The van der Waals surface area contributed by atoms with Gasteiger partial charge in [-0.05, 0) is 19.3 Å². The number of aliphatic hydroxyl groups excluding tert-OH is 1. The predicted octanol–water partition coefficient (Wildman–Crippen LogP) is 3.22. The van der Waals surface area contributed by atoms with Gasteiger partial charge in [0.1, 0.15) is 0 Å². The summed E-state index contributed by atoms with van der Waals surface area (Å²) in [4.78, 5) is 11.6. The van der Waals surface area contributed by atoms with Crippen LogP contribution in [0.1, 0.15) is 58.8 Å². The molecule has 0 bridgehead atoms. The van der Waals surface area contributed by atoms with Crippen LogP contribution in [0.2, 0.25) is 0 Å². The van der Waals surface area contributed by atoms with Crippen molar-refractivity contribution < 1.29 is 14.6 Å². The summed E-state index contributed by atoms with van der Waals surface area (Å²) < 4.78 is 5.10. The van der Waals surface area contributed by atoms with Crippen LogP contribution in [0.3, 0.4) is 0 Å². The lowest BCUT2D eigenvalue weighted by molar-refractivity contribution is -0.142. The first kappa shape index (κ1) is 15.2. The third-order valence-electron chi connectivity index (χ3n) is 3.50. The summed E-state index contributed by atoms with van der Waals surface area (Å²) in [7, 11) is 0. The van der Waals surface area contributed by atoms with Gasteiger partial charge in [-0.2, -0.15) is 0 Å². The molecule has 1 N–H and O–H groups in total. The summed E-state index contributed by atoms with van der Waals surface area (Å²) in [5, 5.41) is 9.94. The van der Waals surface area contributed by atoms with Gasteiger partial charge in [-0.15, -0.1) is 0 Å². The molecule has 0 aromatic carbocycles. The summed E-state index contributed by atoms with van der Waals surface area (Å²) >= 11 is 0. The largest absolute Gasteiger partial charge is 0.465 e. The number of aliphatic hydroxyl groups is 1. The van der Waals surface area contributed by atoms with Crippen LogP contribution in [-0.2, 0) is 9.53 Å². The molecule has 2 unspecified atom stereocenters. The van der Waals surface area contributed by atoms with E-state index in [0.717, 1.165) is 24.8 Å². The molecule has 104 valence electrons. The minimum absolute atomic E-state index is 0.155. The standard InChI is InChI=1S/C15H26O3/c1-3-5-6-7-13-12(8-9-14(13)16)11-15(17)18-10-4-2/h8,13-14,16H,3-7,9-11H2,1-2H3. The van der Waals surface area contributed by atoms with Gasteiger partial charge < -0.3 is 9.84 Å². The first-order valence-corrected chi connectivity index (χ1v) is 7.21. The maximum Gasteiger partial charge on any atom is 0.309 e. The van der Waals surface area contributed by atoms with E-state index < -0.39 is 0 Å². The van der Waals surface area contributed by atoms with Crippen LogP contribution in [0, 0.1) is 5.92 Å². The van der Waals surface area contributed by atoms with Crippen molar-refractivity contribution in [1.82, 2.24) is 0 Å². The van der Waals surface area contributed by atoms with Gasteiger partial charge in [0, 0.05) is 5.92 Å². The van der Waals surface area contributed by atoms with Crippen molar-refractivity contribution in [3.05, 3.63) is 11.6 Å². The van der Waals surface area contributed by atoms with Gasteiger partial charge in [0.2, 0.25) is 0 Å². The third-order valence-corrected chi connectivity index (χ3v) is 3.50. The zero-order chi connectivity index (χ0) is 13.4. The normalized spacial score (nSPS) is 22.9. The van der Waals surface area contributed by atoms with Gasteiger partial charge in [-0.1, -0.05) is 44.8 Å². The van der Waals surface area contributed by atoms with Crippen molar-refractivity contribution in [2.24, 2.45) is 5.92 Å². The highest BCUT2D eigenvalue weighted by Gasteiger charge is 2.28. The Morgan fingerprint density at radius 3 is 2.83 bits per heavy atom. The Morgan fingerprint density at radius 1 is 1.39 bits per heavy atom. The van der Waals surface area contributed by atoms with Crippen molar-refractivity contribution in [2.45, 2.75) is 64.9 Å². The summed E-state index contributed by atoms with van der Waals surface area (Å²) in [5.74, 6) is 0.0171. The van der Waals surface area contributed by atoms with Gasteiger partial charge in [-0.3, -0.25) is 4.79 Å². The number of carbonyl (C=O) groups excluding carboxylic acids is 1. The Hall–Kier alpha value is -0.830. The molecule has 1 aliphatic carbocycles. The maximum absolute atomic E-state index is 11.6. The maximum atomic E-state index is 11.6.